The zero-order chi connectivity index (χ0) is 10.3. The molecule has 0 atom stereocenters. The van der Waals surface area contributed by atoms with Crippen LogP contribution in [0.3, 0.4) is 0 Å². The molecule has 0 unspecified atom stereocenters. The molecule has 0 aromatic rings. The monoisotopic (exact) mass is 178 g/mol. The van der Waals surface area contributed by atoms with Gasteiger partial charge in [0, 0.05) is 0 Å². The van der Waals surface area contributed by atoms with Gasteiger partial charge in [-0.2, -0.15) is 0 Å². The van der Waals surface area contributed by atoms with E-state index in [0.29, 0.717) is 5.92 Å². The quantitative estimate of drug-likeness (QED) is 0.602. The van der Waals surface area contributed by atoms with Crippen molar-refractivity contribution in [2.75, 3.05) is 0 Å². The Balaban J connectivity index is 0.000000671. The molecule has 0 amide bonds. The first-order valence-corrected chi connectivity index (χ1v) is 4.80. The molecule has 0 heterocycles. The molecule has 0 saturated carbocycles. The van der Waals surface area contributed by atoms with Crippen molar-refractivity contribution in [3.05, 3.63) is 36.0 Å². The van der Waals surface area contributed by atoms with Crippen molar-refractivity contribution in [1.29, 1.82) is 0 Å². The lowest BCUT2D eigenvalue weighted by atomic mass is 10.0. The smallest absolute Gasteiger partial charge is 0.178 e. The number of allylic oxidation sites excluding steroid dienone is 6. The minimum atomic E-state index is 0.0749. The SMILES string of the molecule is CC.CC(C)C=C1C=CC(=O)C=C1. The predicted molar refractivity (Wildman–Crippen MR) is 57.6 cm³/mol. The van der Waals surface area contributed by atoms with Gasteiger partial charge in [-0.05, 0) is 23.6 Å². The Hall–Kier alpha value is -1.11. The number of carbonyl (C=O) groups excluding carboxylic acids is 1. The Morgan fingerprint density at radius 1 is 1.08 bits per heavy atom. The average Bonchev–Trinajstić information content (AvgIpc) is 2.12. The second-order valence-electron chi connectivity index (χ2n) is 2.98. The lowest BCUT2D eigenvalue weighted by Gasteiger charge is -2.00. The molecule has 1 aliphatic carbocycles. The van der Waals surface area contributed by atoms with Crippen molar-refractivity contribution in [2.24, 2.45) is 5.92 Å². The molecule has 0 saturated heterocycles. The van der Waals surface area contributed by atoms with Gasteiger partial charge in [-0.1, -0.05) is 45.9 Å². The largest absolute Gasteiger partial charge is 0.290 e. The predicted octanol–water partition coefficient (Wildman–Crippen LogP) is 3.29. The number of rotatable bonds is 1. The molecule has 72 valence electrons. The van der Waals surface area contributed by atoms with Gasteiger partial charge in [0.25, 0.3) is 0 Å². The standard InChI is InChI=1S/C10H12O.C2H6/c1-8(2)7-9-3-5-10(11)6-4-9;1-2/h3-8H,1-2H3;1-2H3. The van der Waals surface area contributed by atoms with Crippen LogP contribution in [-0.2, 0) is 4.79 Å². The molecule has 13 heavy (non-hydrogen) atoms. The summed E-state index contributed by atoms with van der Waals surface area (Å²) in [6.07, 6.45) is 9.01. The van der Waals surface area contributed by atoms with Crippen molar-refractivity contribution in [2.45, 2.75) is 27.7 Å². The second-order valence-corrected chi connectivity index (χ2v) is 2.98. The molecular formula is C12H18O. The molecule has 0 aromatic heterocycles. The van der Waals surface area contributed by atoms with Gasteiger partial charge in [0.1, 0.15) is 0 Å². The van der Waals surface area contributed by atoms with Gasteiger partial charge in [0.15, 0.2) is 5.78 Å². The molecule has 0 fully saturated rings. The summed E-state index contributed by atoms with van der Waals surface area (Å²) in [6, 6.07) is 0. The average molecular weight is 178 g/mol. The molecule has 1 nitrogen and oxygen atoms in total. The topological polar surface area (TPSA) is 17.1 Å². The summed E-state index contributed by atoms with van der Waals surface area (Å²) < 4.78 is 0. The van der Waals surface area contributed by atoms with E-state index in [-0.39, 0.29) is 5.78 Å². The summed E-state index contributed by atoms with van der Waals surface area (Å²) in [6.45, 7) is 8.23. The highest BCUT2D eigenvalue weighted by Gasteiger charge is 1.98. The van der Waals surface area contributed by atoms with Crippen molar-refractivity contribution >= 4 is 5.78 Å². The molecule has 0 spiro atoms. The zero-order valence-corrected chi connectivity index (χ0v) is 8.87. The molecule has 0 bridgehead atoms. The van der Waals surface area contributed by atoms with Gasteiger partial charge in [0.05, 0.1) is 0 Å². The fraction of sp³-hybridized carbons (Fsp3) is 0.417. The molecule has 1 aliphatic rings. The summed E-state index contributed by atoms with van der Waals surface area (Å²) in [7, 11) is 0. The Morgan fingerprint density at radius 2 is 1.54 bits per heavy atom. The maximum Gasteiger partial charge on any atom is 0.178 e. The number of hydrogen-bond donors (Lipinski definition) is 0. The van der Waals surface area contributed by atoms with Gasteiger partial charge in [-0.3, -0.25) is 4.79 Å². The van der Waals surface area contributed by atoms with Crippen LogP contribution < -0.4 is 0 Å². The van der Waals surface area contributed by atoms with Gasteiger partial charge >= 0.3 is 0 Å². The summed E-state index contributed by atoms with van der Waals surface area (Å²) >= 11 is 0. The normalized spacial score (nSPS) is 14.2. The highest BCUT2D eigenvalue weighted by atomic mass is 16.1. The van der Waals surface area contributed by atoms with Crippen molar-refractivity contribution < 1.29 is 4.79 Å². The van der Waals surface area contributed by atoms with Crippen LogP contribution >= 0.6 is 0 Å². The third-order valence-corrected chi connectivity index (χ3v) is 1.41. The fourth-order valence-electron chi connectivity index (χ4n) is 0.964. The lowest BCUT2D eigenvalue weighted by Crippen LogP contribution is -1.92. The van der Waals surface area contributed by atoms with Gasteiger partial charge < -0.3 is 0 Å². The molecule has 0 aromatic carbocycles. The van der Waals surface area contributed by atoms with E-state index in [1.54, 1.807) is 12.2 Å². The third kappa shape index (κ3) is 5.18. The van der Waals surface area contributed by atoms with Crippen LogP contribution in [0.5, 0.6) is 0 Å². The number of carbonyl (C=O) groups is 1. The minimum absolute atomic E-state index is 0.0749. The van der Waals surface area contributed by atoms with E-state index < -0.39 is 0 Å². The summed E-state index contributed by atoms with van der Waals surface area (Å²) in [5.74, 6) is 0.610. The lowest BCUT2D eigenvalue weighted by molar-refractivity contribution is -0.110. The van der Waals surface area contributed by atoms with Crippen LogP contribution in [0.4, 0.5) is 0 Å². The van der Waals surface area contributed by atoms with Gasteiger partial charge in [0.2, 0.25) is 0 Å². The first-order valence-electron chi connectivity index (χ1n) is 4.80. The van der Waals surface area contributed by atoms with Crippen LogP contribution in [-0.4, -0.2) is 5.78 Å². The summed E-state index contributed by atoms with van der Waals surface area (Å²) in [5.41, 5.74) is 1.12. The molecule has 0 N–H and O–H groups in total. The maximum atomic E-state index is 10.7. The Labute approximate surface area is 80.8 Å². The first-order chi connectivity index (χ1) is 6.18. The van der Waals surface area contributed by atoms with E-state index in [0.717, 1.165) is 5.57 Å². The van der Waals surface area contributed by atoms with E-state index in [2.05, 4.69) is 19.9 Å². The molecule has 0 radical (unpaired) electrons. The molecule has 1 rings (SSSR count). The molecule has 1 heteroatoms. The minimum Gasteiger partial charge on any atom is -0.290 e. The molecule has 0 aliphatic heterocycles. The van der Waals surface area contributed by atoms with Crippen molar-refractivity contribution in [3.8, 4) is 0 Å². The zero-order valence-electron chi connectivity index (χ0n) is 8.87. The number of ketones is 1. The molecular weight excluding hydrogens is 160 g/mol. The first kappa shape index (κ1) is 11.9. The van der Waals surface area contributed by atoms with E-state index in [4.69, 9.17) is 0 Å². The van der Waals surface area contributed by atoms with Crippen LogP contribution in [0.1, 0.15) is 27.7 Å². The Morgan fingerprint density at radius 3 is 1.92 bits per heavy atom. The van der Waals surface area contributed by atoms with Crippen LogP contribution in [0.2, 0.25) is 0 Å². The van der Waals surface area contributed by atoms with Crippen LogP contribution in [0, 0.1) is 5.92 Å². The summed E-state index contributed by atoms with van der Waals surface area (Å²) in [4.78, 5) is 10.7. The third-order valence-electron chi connectivity index (χ3n) is 1.41. The van der Waals surface area contributed by atoms with Crippen LogP contribution in [0.25, 0.3) is 0 Å². The van der Waals surface area contributed by atoms with Gasteiger partial charge in [-0.25, -0.2) is 0 Å². The van der Waals surface area contributed by atoms with Crippen LogP contribution in [0.15, 0.2) is 36.0 Å². The number of hydrogen-bond acceptors (Lipinski definition) is 1. The fourth-order valence-corrected chi connectivity index (χ4v) is 0.964. The Bertz CT molecular complexity index is 224. The second kappa shape index (κ2) is 6.41. The van der Waals surface area contributed by atoms with Crippen molar-refractivity contribution in [3.63, 3.8) is 0 Å². The maximum absolute atomic E-state index is 10.7. The highest BCUT2D eigenvalue weighted by Crippen LogP contribution is 2.09. The van der Waals surface area contributed by atoms with E-state index >= 15 is 0 Å². The van der Waals surface area contributed by atoms with E-state index in [1.165, 1.54) is 0 Å². The van der Waals surface area contributed by atoms with E-state index in [1.807, 2.05) is 26.0 Å². The van der Waals surface area contributed by atoms with Gasteiger partial charge in [-0.15, -0.1) is 0 Å². The Kier molecular flexibility index (Phi) is 5.86. The van der Waals surface area contributed by atoms with E-state index in [9.17, 15) is 4.79 Å². The summed E-state index contributed by atoms with van der Waals surface area (Å²) in [5, 5.41) is 0. The highest BCUT2D eigenvalue weighted by molar-refractivity contribution is 6.01. The van der Waals surface area contributed by atoms with Crippen molar-refractivity contribution in [1.82, 2.24) is 0 Å².